The van der Waals surface area contributed by atoms with Gasteiger partial charge in [-0.05, 0) is 37.3 Å². The molecule has 1 aromatic rings. The lowest BCUT2D eigenvalue weighted by Gasteiger charge is -2.04. The molecule has 1 saturated carbocycles. The Morgan fingerprint density at radius 2 is 2.09 bits per heavy atom. The van der Waals surface area contributed by atoms with Crippen molar-refractivity contribution >= 4 is 5.97 Å². The van der Waals surface area contributed by atoms with Crippen molar-refractivity contribution < 1.29 is 13.9 Å². The van der Waals surface area contributed by atoms with Crippen LogP contribution in [0.2, 0.25) is 0 Å². The summed E-state index contributed by atoms with van der Waals surface area (Å²) in [6, 6.07) is 3.75. The van der Waals surface area contributed by atoms with Gasteiger partial charge in [-0.1, -0.05) is 31.4 Å². The molecule has 1 aliphatic carbocycles. The lowest BCUT2D eigenvalue weighted by molar-refractivity contribution is -0.146. The van der Waals surface area contributed by atoms with E-state index in [1.54, 1.807) is 0 Å². The van der Waals surface area contributed by atoms with Crippen molar-refractivity contribution in [1.29, 1.82) is 0 Å². The number of furan rings is 1. The Hall–Kier alpha value is -1.95. The minimum atomic E-state index is -0.108. The standard InChI is InChI=1S/C19H24O3/c1-6-7-14-8-9-15(22-14)10-11-21-18(20)17-16(12-13(2)3)19(17,4)5/h1,8-9,12,16-17H,7,10-11H2,2-5H3. The van der Waals surface area contributed by atoms with Crippen LogP contribution in [0.15, 0.2) is 28.2 Å². The molecule has 1 heterocycles. The lowest BCUT2D eigenvalue weighted by Crippen LogP contribution is -2.12. The molecule has 1 fully saturated rings. The van der Waals surface area contributed by atoms with Crippen LogP contribution in [-0.2, 0) is 22.4 Å². The highest BCUT2D eigenvalue weighted by Crippen LogP contribution is 2.59. The Morgan fingerprint density at radius 3 is 2.73 bits per heavy atom. The van der Waals surface area contributed by atoms with Crippen LogP contribution in [0.1, 0.15) is 39.2 Å². The number of hydrogen-bond donors (Lipinski definition) is 0. The zero-order chi connectivity index (χ0) is 16.3. The number of carbonyl (C=O) groups is 1. The van der Waals surface area contributed by atoms with Crippen LogP contribution in [0.5, 0.6) is 0 Å². The Labute approximate surface area is 132 Å². The molecule has 2 unspecified atom stereocenters. The van der Waals surface area contributed by atoms with Crippen LogP contribution in [0.25, 0.3) is 0 Å². The molecule has 0 spiro atoms. The fraction of sp³-hybridized carbons (Fsp3) is 0.526. The Bertz CT molecular complexity index is 609. The summed E-state index contributed by atoms with van der Waals surface area (Å²) in [5.41, 5.74) is 1.24. The second kappa shape index (κ2) is 6.44. The SMILES string of the molecule is C#CCc1ccc(CCOC(=O)C2C(C=C(C)C)C2(C)C)o1. The summed E-state index contributed by atoms with van der Waals surface area (Å²) in [6.45, 7) is 8.68. The largest absolute Gasteiger partial charge is 0.465 e. The van der Waals surface area contributed by atoms with Gasteiger partial charge in [0.15, 0.2) is 0 Å². The predicted molar refractivity (Wildman–Crippen MR) is 86.1 cm³/mol. The number of hydrogen-bond acceptors (Lipinski definition) is 3. The first kappa shape index (κ1) is 16.4. The highest BCUT2D eigenvalue weighted by atomic mass is 16.5. The summed E-state index contributed by atoms with van der Waals surface area (Å²) >= 11 is 0. The van der Waals surface area contributed by atoms with E-state index in [0.717, 1.165) is 11.5 Å². The Kier molecular flexibility index (Phi) is 4.81. The minimum absolute atomic E-state index is 0.000992. The molecule has 1 aromatic heterocycles. The maximum atomic E-state index is 12.2. The number of esters is 1. The van der Waals surface area contributed by atoms with Gasteiger partial charge in [-0.3, -0.25) is 4.79 Å². The molecule has 0 bridgehead atoms. The molecule has 0 N–H and O–H groups in total. The summed E-state index contributed by atoms with van der Waals surface area (Å²) in [4.78, 5) is 12.2. The van der Waals surface area contributed by atoms with Crippen LogP contribution in [0.4, 0.5) is 0 Å². The first-order chi connectivity index (χ1) is 10.4. The highest BCUT2D eigenvalue weighted by Gasteiger charge is 2.61. The first-order valence-electron chi connectivity index (χ1n) is 7.69. The van der Waals surface area contributed by atoms with Gasteiger partial charge in [0.2, 0.25) is 0 Å². The Morgan fingerprint density at radius 1 is 1.41 bits per heavy atom. The van der Waals surface area contributed by atoms with E-state index in [0.29, 0.717) is 19.4 Å². The topological polar surface area (TPSA) is 39.4 Å². The van der Waals surface area contributed by atoms with Crippen LogP contribution in [0, 0.1) is 29.6 Å². The second-order valence-corrected chi connectivity index (χ2v) is 6.74. The summed E-state index contributed by atoms with van der Waals surface area (Å²) in [7, 11) is 0. The Balaban J connectivity index is 1.81. The average Bonchev–Trinajstić information content (AvgIpc) is 2.77. The van der Waals surface area contributed by atoms with E-state index < -0.39 is 0 Å². The van der Waals surface area contributed by atoms with E-state index in [-0.39, 0.29) is 23.2 Å². The third kappa shape index (κ3) is 3.62. The number of ether oxygens (including phenoxy) is 1. The highest BCUT2D eigenvalue weighted by molar-refractivity contribution is 5.78. The van der Waals surface area contributed by atoms with Gasteiger partial charge in [-0.2, -0.15) is 0 Å². The van der Waals surface area contributed by atoms with Crippen LogP contribution >= 0.6 is 0 Å². The van der Waals surface area contributed by atoms with Crippen LogP contribution in [-0.4, -0.2) is 12.6 Å². The summed E-state index contributed by atoms with van der Waals surface area (Å²) < 4.78 is 11.0. The smallest absolute Gasteiger partial charge is 0.310 e. The summed E-state index contributed by atoms with van der Waals surface area (Å²) in [6.07, 6.45) is 8.48. The van der Waals surface area contributed by atoms with E-state index in [4.69, 9.17) is 15.6 Å². The minimum Gasteiger partial charge on any atom is -0.465 e. The van der Waals surface area contributed by atoms with Gasteiger partial charge in [0.05, 0.1) is 18.9 Å². The van der Waals surface area contributed by atoms with Gasteiger partial charge >= 0.3 is 5.97 Å². The van der Waals surface area contributed by atoms with Crippen molar-refractivity contribution in [1.82, 2.24) is 0 Å². The molecule has 2 atom stereocenters. The number of rotatable bonds is 6. The van der Waals surface area contributed by atoms with E-state index in [1.807, 2.05) is 12.1 Å². The van der Waals surface area contributed by atoms with Crippen molar-refractivity contribution in [2.45, 2.75) is 40.5 Å². The first-order valence-corrected chi connectivity index (χ1v) is 7.69. The van der Waals surface area contributed by atoms with Crippen molar-refractivity contribution in [3.05, 3.63) is 35.3 Å². The molecule has 0 saturated heterocycles. The molecular weight excluding hydrogens is 276 g/mol. The summed E-state index contributed by atoms with van der Waals surface area (Å²) in [5, 5.41) is 0. The molecule has 0 amide bonds. The van der Waals surface area contributed by atoms with E-state index in [9.17, 15) is 4.79 Å². The normalized spacial score (nSPS) is 21.8. The predicted octanol–water partition coefficient (Wildman–Crippen LogP) is 3.78. The van der Waals surface area contributed by atoms with E-state index >= 15 is 0 Å². The fourth-order valence-electron chi connectivity index (χ4n) is 2.89. The van der Waals surface area contributed by atoms with Gasteiger partial charge in [0.25, 0.3) is 0 Å². The third-order valence-corrected chi connectivity index (χ3v) is 4.26. The van der Waals surface area contributed by atoms with Crippen LogP contribution in [0.3, 0.4) is 0 Å². The third-order valence-electron chi connectivity index (χ3n) is 4.26. The maximum absolute atomic E-state index is 12.2. The van der Waals surface area contributed by atoms with E-state index in [2.05, 4.69) is 39.7 Å². The molecule has 2 rings (SSSR count). The quantitative estimate of drug-likeness (QED) is 0.456. The molecular formula is C19H24O3. The van der Waals surface area contributed by atoms with Gasteiger partial charge in [0, 0.05) is 6.42 Å². The molecule has 1 aliphatic rings. The van der Waals surface area contributed by atoms with Crippen molar-refractivity contribution in [3.8, 4) is 12.3 Å². The van der Waals surface area contributed by atoms with E-state index in [1.165, 1.54) is 5.57 Å². The lowest BCUT2D eigenvalue weighted by atomic mass is 10.1. The maximum Gasteiger partial charge on any atom is 0.310 e. The van der Waals surface area contributed by atoms with Gasteiger partial charge in [0.1, 0.15) is 11.5 Å². The molecule has 3 heteroatoms. The fourth-order valence-corrected chi connectivity index (χ4v) is 2.89. The van der Waals surface area contributed by atoms with Gasteiger partial charge < -0.3 is 9.15 Å². The molecule has 0 radical (unpaired) electrons. The number of terminal acetylenes is 1. The zero-order valence-corrected chi connectivity index (χ0v) is 13.8. The second-order valence-electron chi connectivity index (χ2n) is 6.74. The monoisotopic (exact) mass is 300 g/mol. The van der Waals surface area contributed by atoms with Crippen molar-refractivity contribution in [3.63, 3.8) is 0 Å². The molecule has 3 nitrogen and oxygen atoms in total. The van der Waals surface area contributed by atoms with Crippen molar-refractivity contribution in [2.24, 2.45) is 17.3 Å². The molecule has 118 valence electrons. The summed E-state index contributed by atoms with van der Waals surface area (Å²) in [5.74, 6) is 4.26. The van der Waals surface area contributed by atoms with Gasteiger partial charge in [-0.15, -0.1) is 6.42 Å². The van der Waals surface area contributed by atoms with Crippen LogP contribution < -0.4 is 0 Å². The zero-order valence-electron chi connectivity index (χ0n) is 13.8. The number of allylic oxidation sites excluding steroid dienone is 2. The van der Waals surface area contributed by atoms with Crippen molar-refractivity contribution in [2.75, 3.05) is 6.61 Å². The molecule has 22 heavy (non-hydrogen) atoms. The average molecular weight is 300 g/mol. The molecule has 0 aliphatic heterocycles. The molecule has 0 aromatic carbocycles. The van der Waals surface area contributed by atoms with Gasteiger partial charge in [-0.25, -0.2) is 0 Å². The number of carbonyl (C=O) groups excluding carboxylic acids is 1.